The van der Waals surface area contributed by atoms with Crippen LogP contribution in [0.5, 0.6) is 11.5 Å². The highest BCUT2D eigenvalue weighted by molar-refractivity contribution is 6.02. The molecule has 0 aromatic heterocycles. The smallest absolute Gasteiger partial charge is 0.249 e. The zero-order valence-corrected chi connectivity index (χ0v) is 33.0. The van der Waals surface area contributed by atoms with Crippen molar-refractivity contribution in [2.75, 3.05) is 64.3 Å². The van der Waals surface area contributed by atoms with Crippen LogP contribution in [0.1, 0.15) is 11.1 Å². The monoisotopic (exact) mass is 834 g/mol. The molecule has 0 radical (unpaired) electrons. The molecule has 4 aromatic carbocycles. The first-order valence-electron chi connectivity index (χ1n) is 18.4. The second-order valence-corrected chi connectivity index (χ2v) is 13.9. The first-order chi connectivity index (χ1) is 28.5. The molecule has 0 saturated carbocycles. The van der Waals surface area contributed by atoms with Gasteiger partial charge in [0, 0.05) is 50.4 Å². The molecule has 14 nitrogen and oxygen atoms in total. The quantitative estimate of drug-likeness (QED) is 0.163. The van der Waals surface area contributed by atoms with E-state index in [1.807, 2.05) is 0 Å². The fraction of sp³-hybridized carbons (Fsp3) is 0.286. The van der Waals surface area contributed by atoms with Crippen LogP contribution in [0.2, 0.25) is 0 Å². The number of likely N-dealkylation sites (N-methyl/N-ethyl adjacent to an activating group) is 2. The molecule has 18 heteroatoms. The molecule has 1 saturated heterocycles. The van der Waals surface area contributed by atoms with Crippen molar-refractivity contribution in [3.63, 3.8) is 0 Å². The normalized spacial score (nSPS) is 13.6. The van der Waals surface area contributed by atoms with E-state index in [2.05, 4.69) is 10.6 Å². The Morgan fingerprint density at radius 1 is 0.583 bits per heavy atom. The third kappa shape index (κ3) is 11.6. The van der Waals surface area contributed by atoms with Crippen LogP contribution in [-0.4, -0.2) is 112 Å². The predicted octanol–water partition coefficient (Wildman–Crippen LogP) is 3.01. The minimum atomic E-state index is -1.37. The summed E-state index contributed by atoms with van der Waals surface area (Å²) in [5.74, 6) is -7.06. The zero-order chi connectivity index (χ0) is 43.7. The van der Waals surface area contributed by atoms with E-state index in [0.29, 0.717) is 35.0 Å². The molecular weight excluding hydrogens is 792 g/mol. The van der Waals surface area contributed by atoms with Gasteiger partial charge in [0.1, 0.15) is 73.0 Å². The Hall–Kier alpha value is -6.98. The fourth-order valence-corrected chi connectivity index (χ4v) is 6.48. The Morgan fingerprint density at radius 2 is 0.900 bits per heavy atom. The SMILES string of the molecule is COc1ccc(N(C)C(=O)[C@H](Cc2cc(F)cc(F)c2)NC(=O)CN2CC(=O)N(CC(=O)N[C@@H](Cc3cc(F)cc(F)c3)C(=O)N(C)c3ccc(OC)cc3)CC2=O)cc1. The number of nitrogens with zero attached hydrogens (tertiary/aromatic N) is 4. The molecule has 6 amide bonds. The molecule has 4 aromatic rings. The van der Waals surface area contributed by atoms with Crippen molar-refractivity contribution < 1.29 is 55.8 Å². The van der Waals surface area contributed by atoms with Crippen LogP contribution in [-0.2, 0) is 41.6 Å². The lowest BCUT2D eigenvalue weighted by Crippen LogP contribution is -2.59. The molecule has 5 rings (SSSR count). The molecule has 1 aliphatic heterocycles. The third-order valence-electron chi connectivity index (χ3n) is 9.60. The number of hydrogen-bond acceptors (Lipinski definition) is 8. The van der Waals surface area contributed by atoms with Gasteiger partial charge in [-0.15, -0.1) is 0 Å². The van der Waals surface area contributed by atoms with E-state index >= 15 is 0 Å². The van der Waals surface area contributed by atoms with Crippen molar-refractivity contribution >= 4 is 46.8 Å². The molecule has 1 fully saturated rings. The number of benzene rings is 4. The molecule has 1 heterocycles. The molecule has 316 valence electrons. The fourth-order valence-electron chi connectivity index (χ4n) is 6.48. The molecule has 0 spiro atoms. The number of ether oxygens (including phenoxy) is 2. The van der Waals surface area contributed by atoms with Crippen LogP contribution in [0.4, 0.5) is 28.9 Å². The molecule has 2 N–H and O–H groups in total. The summed E-state index contributed by atoms with van der Waals surface area (Å²) in [5.41, 5.74) is 0.946. The van der Waals surface area contributed by atoms with Crippen molar-refractivity contribution in [1.29, 1.82) is 0 Å². The van der Waals surface area contributed by atoms with E-state index in [9.17, 15) is 46.3 Å². The number of methoxy groups -OCH3 is 2. The summed E-state index contributed by atoms with van der Waals surface area (Å²) in [4.78, 5) is 84.9. The van der Waals surface area contributed by atoms with Crippen molar-refractivity contribution in [2.24, 2.45) is 0 Å². The molecule has 1 aliphatic rings. The number of piperazine rings is 1. The molecule has 0 unspecified atom stereocenters. The van der Waals surface area contributed by atoms with E-state index in [1.54, 1.807) is 48.5 Å². The average molecular weight is 835 g/mol. The summed E-state index contributed by atoms with van der Waals surface area (Å²) in [6.45, 7) is -2.64. The maximum Gasteiger partial charge on any atom is 0.249 e. The van der Waals surface area contributed by atoms with Crippen molar-refractivity contribution in [3.05, 3.63) is 119 Å². The Labute approximate surface area is 342 Å². The van der Waals surface area contributed by atoms with Gasteiger partial charge in [0.05, 0.1) is 14.2 Å². The van der Waals surface area contributed by atoms with Crippen LogP contribution < -0.4 is 29.9 Å². The number of nitrogens with one attached hydrogen (secondary N) is 2. The van der Waals surface area contributed by atoms with E-state index in [1.165, 1.54) is 38.1 Å². The largest absolute Gasteiger partial charge is 0.497 e. The average Bonchev–Trinajstić information content (AvgIpc) is 3.20. The second kappa shape index (κ2) is 19.6. The Morgan fingerprint density at radius 3 is 1.20 bits per heavy atom. The first kappa shape index (κ1) is 44.1. The molecule has 2 atom stereocenters. The number of anilines is 2. The minimum absolute atomic E-state index is 0.0619. The molecule has 0 aliphatic carbocycles. The van der Waals surface area contributed by atoms with E-state index in [0.717, 1.165) is 34.1 Å². The Balaban J connectivity index is 1.24. The number of rotatable bonds is 16. The van der Waals surface area contributed by atoms with Gasteiger partial charge in [-0.25, -0.2) is 17.6 Å². The van der Waals surface area contributed by atoms with E-state index in [4.69, 9.17) is 9.47 Å². The van der Waals surface area contributed by atoms with Crippen molar-refractivity contribution in [2.45, 2.75) is 24.9 Å². The Kier molecular flexibility index (Phi) is 14.4. The summed E-state index contributed by atoms with van der Waals surface area (Å²) in [5, 5.41) is 5.03. The van der Waals surface area contributed by atoms with Gasteiger partial charge in [0.15, 0.2) is 0 Å². The summed E-state index contributed by atoms with van der Waals surface area (Å²) >= 11 is 0. The highest BCUT2D eigenvalue weighted by atomic mass is 19.1. The number of hydrogen-bond donors (Lipinski definition) is 2. The summed E-state index contributed by atoms with van der Waals surface area (Å²) in [6.07, 6.45) is -0.661. The number of halogens is 4. The van der Waals surface area contributed by atoms with Crippen molar-refractivity contribution in [1.82, 2.24) is 20.4 Å². The van der Waals surface area contributed by atoms with Crippen LogP contribution in [0.15, 0.2) is 84.9 Å². The standard InChI is InChI=1S/C42H42F4N6O8/c1-49(31-5-9-33(59-3)10-6-31)41(57)35(17-25-13-27(43)19-28(44)14-25)47-37(53)21-51-23-40(56)52(24-39(51)55)22-38(54)48-36(18-26-15-29(45)20-30(46)16-26)42(58)50(2)32-7-11-34(60-4)12-8-32/h5-16,19-20,35-36H,17-18,21-24H2,1-4H3,(H,47,53)(H,48,54)/t35-,36-/m0/s1. The van der Waals surface area contributed by atoms with Crippen LogP contribution >= 0.6 is 0 Å². The topological polar surface area (TPSA) is 158 Å². The lowest BCUT2D eigenvalue weighted by molar-refractivity contribution is -0.153. The maximum absolute atomic E-state index is 14.1. The highest BCUT2D eigenvalue weighted by Crippen LogP contribution is 2.22. The van der Waals surface area contributed by atoms with Gasteiger partial charge < -0.3 is 39.7 Å². The number of carbonyl (C=O) groups is 6. The van der Waals surface area contributed by atoms with Gasteiger partial charge in [0.2, 0.25) is 35.4 Å². The van der Waals surface area contributed by atoms with E-state index in [-0.39, 0.29) is 24.0 Å². The molecule has 0 bridgehead atoms. The van der Waals surface area contributed by atoms with Crippen LogP contribution in [0.3, 0.4) is 0 Å². The minimum Gasteiger partial charge on any atom is -0.497 e. The van der Waals surface area contributed by atoms with Gasteiger partial charge in [-0.05, 0) is 83.9 Å². The lowest BCUT2D eigenvalue weighted by Gasteiger charge is -2.34. The predicted molar refractivity (Wildman–Crippen MR) is 210 cm³/mol. The third-order valence-corrected chi connectivity index (χ3v) is 9.60. The van der Waals surface area contributed by atoms with Crippen LogP contribution in [0.25, 0.3) is 0 Å². The summed E-state index contributed by atoms with van der Waals surface area (Å²) in [7, 11) is 5.81. The van der Waals surface area contributed by atoms with Crippen LogP contribution in [0, 0.1) is 23.3 Å². The molecular formula is C42H42F4N6O8. The van der Waals surface area contributed by atoms with Gasteiger partial charge in [0.25, 0.3) is 0 Å². The van der Waals surface area contributed by atoms with Crippen molar-refractivity contribution in [3.8, 4) is 11.5 Å². The number of carbonyl (C=O) groups excluding carboxylic acids is 6. The summed E-state index contributed by atoms with van der Waals surface area (Å²) < 4.78 is 66.6. The second-order valence-electron chi connectivity index (χ2n) is 13.9. The van der Waals surface area contributed by atoms with Gasteiger partial charge in [-0.3, -0.25) is 28.8 Å². The maximum atomic E-state index is 14.1. The highest BCUT2D eigenvalue weighted by Gasteiger charge is 2.35. The Bertz CT molecular complexity index is 2050. The van der Waals surface area contributed by atoms with Gasteiger partial charge in [-0.2, -0.15) is 0 Å². The lowest BCUT2D eigenvalue weighted by atomic mass is 10.0. The molecule has 60 heavy (non-hydrogen) atoms. The van der Waals surface area contributed by atoms with Gasteiger partial charge >= 0.3 is 0 Å². The zero-order valence-electron chi connectivity index (χ0n) is 33.0. The first-order valence-corrected chi connectivity index (χ1v) is 18.4. The van der Waals surface area contributed by atoms with Gasteiger partial charge in [-0.1, -0.05) is 0 Å². The van der Waals surface area contributed by atoms with E-state index < -0.39 is 97.0 Å². The summed E-state index contributed by atoms with van der Waals surface area (Å²) in [6, 6.07) is 15.4. The number of amides is 6.